The number of hydrogen-bond acceptors (Lipinski definition) is 1. The van der Waals surface area contributed by atoms with Gasteiger partial charge >= 0.3 is 0 Å². The van der Waals surface area contributed by atoms with Gasteiger partial charge in [0, 0.05) is 17.5 Å². The van der Waals surface area contributed by atoms with E-state index < -0.39 is 0 Å². The lowest BCUT2D eigenvalue weighted by atomic mass is 9.61. The second kappa shape index (κ2) is 6.88. The molecule has 0 amide bonds. The van der Waals surface area contributed by atoms with Crippen molar-refractivity contribution in [2.24, 2.45) is 5.92 Å². The maximum atomic E-state index is 3.77. The average molecular weight is 307 g/mol. The van der Waals surface area contributed by atoms with Crippen LogP contribution in [0, 0.1) is 5.92 Å². The third-order valence-corrected chi connectivity index (χ3v) is 5.44. The molecule has 0 saturated heterocycles. The molecule has 122 valence electrons. The van der Waals surface area contributed by atoms with Gasteiger partial charge in [0.1, 0.15) is 0 Å². The van der Waals surface area contributed by atoms with Crippen LogP contribution in [0.3, 0.4) is 0 Å². The lowest BCUT2D eigenvalue weighted by molar-refractivity contribution is 0.201. The predicted octanol–water partition coefficient (Wildman–Crippen LogP) is 5.16. The van der Waals surface area contributed by atoms with Crippen LogP contribution in [0.25, 0.3) is 0 Å². The summed E-state index contributed by atoms with van der Waals surface area (Å²) in [5.41, 5.74) is 3.11. The monoisotopic (exact) mass is 307 g/mol. The molecule has 1 heteroatoms. The molecule has 2 atom stereocenters. The summed E-state index contributed by atoms with van der Waals surface area (Å²) in [5.74, 6) is 0.673. The Labute approximate surface area is 141 Å². The normalized spacial score (nSPS) is 23.8. The molecule has 0 radical (unpaired) electrons. The lowest BCUT2D eigenvalue weighted by Gasteiger charge is -2.45. The maximum Gasteiger partial charge on any atom is 0.0206 e. The Kier molecular flexibility index (Phi) is 4.87. The van der Waals surface area contributed by atoms with Crippen molar-refractivity contribution in [3.8, 4) is 0 Å². The molecule has 23 heavy (non-hydrogen) atoms. The van der Waals surface area contributed by atoms with Crippen LogP contribution in [0.2, 0.25) is 0 Å². The molecule has 1 aliphatic carbocycles. The van der Waals surface area contributed by atoms with Crippen LogP contribution in [-0.4, -0.2) is 12.1 Å². The Balaban J connectivity index is 1.96. The first-order valence-corrected chi connectivity index (χ1v) is 8.99. The third-order valence-electron chi connectivity index (χ3n) is 5.44. The molecule has 2 unspecified atom stereocenters. The zero-order valence-electron chi connectivity index (χ0n) is 14.6. The van der Waals surface area contributed by atoms with E-state index in [-0.39, 0.29) is 5.41 Å². The minimum absolute atomic E-state index is 0.164. The number of nitrogens with one attached hydrogen (secondary N) is 1. The molecule has 3 rings (SSSR count). The van der Waals surface area contributed by atoms with E-state index in [4.69, 9.17) is 0 Å². The van der Waals surface area contributed by atoms with Crippen LogP contribution in [0.4, 0.5) is 0 Å². The molecule has 2 aromatic carbocycles. The Hall–Kier alpha value is -1.60. The van der Waals surface area contributed by atoms with Crippen LogP contribution < -0.4 is 5.32 Å². The highest BCUT2D eigenvalue weighted by Gasteiger charge is 2.41. The molecule has 1 saturated carbocycles. The molecular weight excluding hydrogens is 278 g/mol. The topological polar surface area (TPSA) is 12.0 Å². The van der Waals surface area contributed by atoms with Crippen molar-refractivity contribution in [2.45, 2.75) is 57.5 Å². The van der Waals surface area contributed by atoms with Gasteiger partial charge in [0.2, 0.25) is 0 Å². The summed E-state index contributed by atoms with van der Waals surface area (Å²) >= 11 is 0. The van der Waals surface area contributed by atoms with Gasteiger partial charge in [-0.2, -0.15) is 0 Å². The summed E-state index contributed by atoms with van der Waals surface area (Å²) in [4.78, 5) is 0. The van der Waals surface area contributed by atoms with Crippen molar-refractivity contribution in [1.29, 1.82) is 0 Å². The minimum atomic E-state index is 0.164. The SMILES string of the molecule is CC(C)NC1CCC(c2ccccc2)(c2ccccc2)CC1C. The Morgan fingerprint density at radius 2 is 1.43 bits per heavy atom. The third kappa shape index (κ3) is 3.35. The quantitative estimate of drug-likeness (QED) is 0.822. The molecule has 1 fully saturated rings. The van der Waals surface area contributed by atoms with Gasteiger partial charge in [0.25, 0.3) is 0 Å². The van der Waals surface area contributed by atoms with E-state index in [0.717, 1.165) is 0 Å². The molecule has 0 spiro atoms. The minimum Gasteiger partial charge on any atom is -0.312 e. The van der Waals surface area contributed by atoms with E-state index >= 15 is 0 Å². The van der Waals surface area contributed by atoms with Gasteiger partial charge in [0.05, 0.1) is 0 Å². The van der Waals surface area contributed by atoms with E-state index in [0.29, 0.717) is 18.0 Å². The second-order valence-electron chi connectivity index (χ2n) is 7.46. The van der Waals surface area contributed by atoms with Crippen molar-refractivity contribution in [3.63, 3.8) is 0 Å². The van der Waals surface area contributed by atoms with Crippen LogP contribution in [0.15, 0.2) is 60.7 Å². The first-order chi connectivity index (χ1) is 11.1. The average Bonchev–Trinajstić information content (AvgIpc) is 2.58. The molecule has 0 aliphatic heterocycles. The van der Waals surface area contributed by atoms with Crippen molar-refractivity contribution in [3.05, 3.63) is 71.8 Å². The molecule has 1 aliphatic rings. The zero-order valence-corrected chi connectivity index (χ0v) is 14.6. The van der Waals surface area contributed by atoms with E-state index in [1.807, 2.05) is 0 Å². The van der Waals surface area contributed by atoms with Gasteiger partial charge in [-0.3, -0.25) is 0 Å². The largest absolute Gasteiger partial charge is 0.312 e. The standard InChI is InChI=1S/C22H29N/c1-17(2)23-21-14-15-22(16-18(21)3,19-10-6-4-7-11-19)20-12-8-5-9-13-20/h4-13,17-18,21,23H,14-16H2,1-3H3. The van der Waals surface area contributed by atoms with Crippen molar-refractivity contribution < 1.29 is 0 Å². The molecule has 1 nitrogen and oxygen atoms in total. The fourth-order valence-corrected chi connectivity index (χ4v) is 4.36. The molecule has 0 aromatic heterocycles. The fraction of sp³-hybridized carbons (Fsp3) is 0.455. The highest BCUT2D eigenvalue weighted by atomic mass is 14.9. The summed E-state index contributed by atoms with van der Waals surface area (Å²) in [6.45, 7) is 6.92. The Bertz CT molecular complexity index is 563. The maximum absolute atomic E-state index is 3.77. The summed E-state index contributed by atoms with van der Waals surface area (Å²) in [6, 6.07) is 23.4. The van der Waals surface area contributed by atoms with Crippen LogP contribution in [0.1, 0.15) is 51.2 Å². The first kappa shape index (κ1) is 16.3. The van der Waals surface area contributed by atoms with Crippen molar-refractivity contribution >= 4 is 0 Å². The van der Waals surface area contributed by atoms with Crippen molar-refractivity contribution in [1.82, 2.24) is 5.32 Å². The summed E-state index contributed by atoms with van der Waals surface area (Å²) in [5, 5.41) is 3.77. The van der Waals surface area contributed by atoms with Gasteiger partial charge in [-0.15, -0.1) is 0 Å². The summed E-state index contributed by atoms with van der Waals surface area (Å²) in [7, 11) is 0. The summed E-state index contributed by atoms with van der Waals surface area (Å²) < 4.78 is 0. The van der Waals surface area contributed by atoms with E-state index in [1.54, 1.807) is 0 Å². The number of rotatable bonds is 4. The zero-order chi connectivity index (χ0) is 16.3. The fourth-order valence-electron chi connectivity index (χ4n) is 4.36. The molecule has 0 heterocycles. The Morgan fingerprint density at radius 1 is 0.913 bits per heavy atom. The van der Waals surface area contributed by atoms with E-state index in [9.17, 15) is 0 Å². The van der Waals surface area contributed by atoms with Gasteiger partial charge < -0.3 is 5.32 Å². The van der Waals surface area contributed by atoms with Crippen LogP contribution >= 0.6 is 0 Å². The lowest BCUT2D eigenvalue weighted by Crippen LogP contribution is -2.47. The van der Waals surface area contributed by atoms with Gasteiger partial charge in [-0.05, 0) is 36.3 Å². The molecule has 0 bridgehead atoms. The van der Waals surface area contributed by atoms with Crippen LogP contribution in [0.5, 0.6) is 0 Å². The van der Waals surface area contributed by atoms with Gasteiger partial charge in [-0.1, -0.05) is 81.4 Å². The number of hydrogen-bond donors (Lipinski definition) is 1. The molecule has 2 aromatic rings. The first-order valence-electron chi connectivity index (χ1n) is 8.99. The van der Waals surface area contributed by atoms with Crippen LogP contribution in [-0.2, 0) is 5.41 Å². The van der Waals surface area contributed by atoms with E-state index in [1.165, 1.54) is 30.4 Å². The number of benzene rings is 2. The summed E-state index contributed by atoms with van der Waals surface area (Å²) in [6.07, 6.45) is 3.67. The van der Waals surface area contributed by atoms with Gasteiger partial charge in [-0.25, -0.2) is 0 Å². The second-order valence-corrected chi connectivity index (χ2v) is 7.46. The predicted molar refractivity (Wildman–Crippen MR) is 98.7 cm³/mol. The highest BCUT2D eigenvalue weighted by molar-refractivity contribution is 5.40. The van der Waals surface area contributed by atoms with Crippen molar-refractivity contribution in [2.75, 3.05) is 0 Å². The van der Waals surface area contributed by atoms with Gasteiger partial charge in [0.15, 0.2) is 0 Å². The van der Waals surface area contributed by atoms with E-state index in [2.05, 4.69) is 86.8 Å². The molecule has 1 N–H and O–H groups in total. The molecular formula is C22H29N. The smallest absolute Gasteiger partial charge is 0.0206 e. The highest BCUT2D eigenvalue weighted by Crippen LogP contribution is 2.46. The Morgan fingerprint density at radius 3 is 1.87 bits per heavy atom.